The lowest BCUT2D eigenvalue weighted by atomic mass is 9.84. The first-order valence-corrected chi connectivity index (χ1v) is 8.97. The first-order chi connectivity index (χ1) is 10.4. The van der Waals surface area contributed by atoms with E-state index < -0.39 is 0 Å². The predicted molar refractivity (Wildman–Crippen MR) is 88.3 cm³/mol. The van der Waals surface area contributed by atoms with E-state index in [1.807, 2.05) is 30.7 Å². The van der Waals surface area contributed by atoms with Crippen LogP contribution in [0.4, 0.5) is 0 Å². The fraction of sp³-hybridized carbons (Fsp3) is 0.889. The smallest absolute Gasteiger partial charge is 0.225 e. The molecule has 2 rings (SSSR count). The summed E-state index contributed by atoms with van der Waals surface area (Å²) in [7, 11) is 1.99. The van der Waals surface area contributed by atoms with Crippen LogP contribution in [0.1, 0.15) is 59.3 Å². The van der Waals surface area contributed by atoms with Crippen LogP contribution < -0.4 is 0 Å². The number of hydrogen-bond donors (Lipinski definition) is 0. The molecule has 0 aromatic heterocycles. The third kappa shape index (κ3) is 3.82. The van der Waals surface area contributed by atoms with Gasteiger partial charge in [0.05, 0.1) is 0 Å². The summed E-state index contributed by atoms with van der Waals surface area (Å²) >= 11 is 0. The van der Waals surface area contributed by atoms with Gasteiger partial charge in [0, 0.05) is 38.0 Å². The number of piperidine rings is 1. The van der Waals surface area contributed by atoms with Crippen molar-refractivity contribution in [2.45, 2.75) is 65.3 Å². The maximum Gasteiger partial charge on any atom is 0.225 e. The van der Waals surface area contributed by atoms with Crippen LogP contribution in [0.5, 0.6) is 0 Å². The molecule has 126 valence electrons. The molecule has 1 saturated heterocycles. The van der Waals surface area contributed by atoms with Crippen LogP contribution in [0, 0.1) is 17.8 Å². The van der Waals surface area contributed by atoms with Crippen molar-refractivity contribution in [2.75, 3.05) is 20.1 Å². The van der Waals surface area contributed by atoms with Crippen LogP contribution in [-0.2, 0) is 9.59 Å². The van der Waals surface area contributed by atoms with Crippen molar-refractivity contribution >= 4 is 11.8 Å². The quantitative estimate of drug-likeness (QED) is 0.804. The molecule has 0 N–H and O–H groups in total. The number of amides is 2. The molecule has 2 aliphatic rings. The Balaban J connectivity index is 1.87. The molecule has 1 aliphatic carbocycles. The third-order valence-corrected chi connectivity index (χ3v) is 5.56. The van der Waals surface area contributed by atoms with Gasteiger partial charge >= 0.3 is 0 Å². The first kappa shape index (κ1) is 17.3. The van der Waals surface area contributed by atoms with E-state index in [9.17, 15) is 9.59 Å². The van der Waals surface area contributed by atoms with Crippen molar-refractivity contribution in [3.05, 3.63) is 0 Å². The van der Waals surface area contributed by atoms with Crippen LogP contribution in [-0.4, -0.2) is 47.8 Å². The minimum Gasteiger partial charge on any atom is -0.342 e. The van der Waals surface area contributed by atoms with Gasteiger partial charge < -0.3 is 9.80 Å². The van der Waals surface area contributed by atoms with Crippen LogP contribution in [0.3, 0.4) is 0 Å². The van der Waals surface area contributed by atoms with Crippen molar-refractivity contribution in [2.24, 2.45) is 17.8 Å². The number of carbonyl (C=O) groups is 2. The molecule has 0 aromatic carbocycles. The Morgan fingerprint density at radius 2 is 1.64 bits per heavy atom. The number of likely N-dealkylation sites (tertiary alicyclic amines) is 1. The standard InChI is InChI=1S/C18H32N2O2/c1-13(2)17(21)20-11-9-15(10-12-20)18(22)19(4)16-8-6-5-7-14(16)3/h13-16H,5-12H2,1-4H3. The topological polar surface area (TPSA) is 40.6 Å². The molecule has 2 amide bonds. The average molecular weight is 308 g/mol. The van der Waals surface area contributed by atoms with Gasteiger partial charge in [0.1, 0.15) is 0 Å². The molecule has 1 heterocycles. The minimum absolute atomic E-state index is 0.0537. The van der Waals surface area contributed by atoms with Gasteiger partial charge in [-0.15, -0.1) is 0 Å². The van der Waals surface area contributed by atoms with E-state index in [1.54, 1.807) is 0 Å². The summed E-state index contributed by atoms with van der Waals surface area (Å²) in [6.45, 7) is 7.64. The zero-order valence-corrected chi connectivity index (χ0v) is 14.7. The fourth-order valence-corrected chi connectivity index (χ4v) is 4.04. The van der Waals surface area contributed by atoms with E-state index in [0.29, 0.717) is 17.9 Å². The number of rotatable bonds is 3. The van der Waals surface area contributed by atoms with Gasteiger partial charge in [-0.3, -0.25) is 9.59 Å². The molecule has 0 aromatic rings. The molecule has 2 unspecified atom stereocenters. The number of carbonyl (C=O) groups excluding carboxylic acids is 2. The van der Waals surface area contributed by atoms with E-state index >= 15 is 0 Å². The number of nitrogens with zero attached hydrogens (tertiary/aromatic N) is 2. The Hall–Kier alpha value is -1.06. The summed E-state index contributed by atoms with van der Waals surface area (Å²) in [5.74, 6) is 1.30. The van der Waals surface area contributed by atoms with Crippen LogP contribution in [0.25, 0.3) is 0 Å². The highest BCUT2D eigenvalue weighted by atomic mass is 16.2. The van der Waals surface area contributed by atoms with Gasteiger partial charge in [-0.05, 0) is 31.6 Å². The van der Waals surface area contributed by atoms with Crippen LogP contribution in [0.2, 0.25) is 0 Å². The monoisotopic (exact) mass is 308 g/mol. The molecular weight excluding hydrogens is 276 g/mol. The summed E-state index contributed by atoms with van der Waals surface area (Å²) in [5, 5.41) is 0. The minimum atomic E-state index is 0.0537. The van der Waals surface area contributed by atoms with Crippen molar-refractivity contribution in [1.29, 1.82) is 0 Å². The molecule has 1 saturated carbocycles. The van der Waals surface area contributed by atoms with Crippen molar-refractivity contribution in [3.63, 3.8) is 0 Å². The van der Waals surface area contributed by atoms with E-state index in [2.05, 4.69) is 6.92 Å². The van der Waals surface area contributed by atoms with E-state index in [4.69, 9.17) is 0 Å². The third-order valence-electron chi connectivity index (χ3n) is 5.56. The van der Waals surface area contributed by atoms with E-state index in [1.165, 1.54) is 19.3 Å². The van der Waals surface area contributed by atoms with Crippen molar-refractivity contribution in [3.8, 4) is 0 Å². The van der Waals surface area contributed by atoms with Crippen LogP contribution in [0.15, 0.2) is 0 Å². The van der Waals surface area contributed by atoms with Gasteiger partial charge in [0.2, 0.25) is 11.8 Å². The molecule has 0 radical (unpaired) electrons. The Bertz CT molecular complexity index is 400. The number of hydrogen-bond acceptors (Lipinski definition) is 2. The molecule has 2 atom stereocenters. The van der Waals surface area contributed by atoms with E-state index in [0.717, 1.165) is 32.4 Å². The summed E-state index contributed by atoms with van der Waals surface area (Å²) in [6, 6.07) is 0.413. The Kier molecular flexibility index (Phi) is 5.87. The largest absolute Gasteiger partial charge is 0.342 e. The van der Waals surface area contributed by atoms with Gasteiger partial charge in [0.15, 0.2) is 0 Å². The lowest BCUT2D eigenvalue weighted by Crippen LogP contribution is -2.48. The maximum atomic E-state index is 12.8. The van der Waals surface area contributed by atoms with Crippen molar-refractivity contribution in [1.82, 2.24) is 9.80 Å². The highest BCUT2D eigenvalue weighted by Gasteiger charge is 2.34. The second-order valence-electron chi connectivity index (χ2n) is 7.53. The molecule has 0 bridgehead atoms. The lowest BCUT2D eigenvalue weighted by molar-refractivity contribution is -0.143. The summed E-state index contributed by atoms with van der Waals surface area (Å²) < 4.78 is 0. The van der Waals surface area contributed by atoms with Gasteiger partial charge in [-0.2, -0.15) is 0 Å². The molecular formula is C18H32N2O2. The summed E-state index contributed by atoms with van der Waals surface area (Å²) in [4.78, 5) is 28.8. The molecule has 4 heteroatoms. The first-order valence-electron chi connectivity index (χ1n) is 8.97. The normalized spacial score (nSPS) is 27.0. The average Bonchev–Trinajstić information content (AvgIpc) is 2.53. The Morgan fingerprint density at radius 1 is 1.05 bits per heavy atom. The molecule has 2 fully saturated rings. The van der Waals surface area contributed by atoms with E-state index in [-0.39, 0.29) is 17.7 Å². The highest BCUT2D eigenvalue weighted by Crippen LogP contribution is 2.29. The van der Waals surface area contributed by atoms with Gasteiger partial charge in [0.25, 0.3) is 0 Å². The molecule has 22 heavy (non-hydrogen) atoms. The van der Waals surface area contributed by atoms with Crippen LogP contribution >= 0.6 is 0 Å². The predicted octanol–water partition coefficient (Wildman–Crippen LogP) is 2.92. The highest BCUT2D eigenvalue weighted by molar-refractivity contribution is 5.81. The van der Waals surface area contributed by atoms with Crippen molar-refractivity contribution < 1.29 is 9.59 Å². The summed E-state index contributed by atoms with van der Waals surface area (Å²) in [5.41, 5.74) is 0. The molecule has 4 nitrogen and oxygen atoms in total. The fourth-order valence-electron chi connectivity index (χ4n) is 4.04. The maximum absolute atomic E-state index is 12.8. The molecule has 1 aliphatic heterocycles. The second kappa shape index (κ2) is 7.47. The summed E-state index contributed by atoms with van der Waals surface area (Å²) in [6.07, 6.45) is 6.58. The SMILES string of the molecule is CC(C)C(=O)N1CCC(C(=O)N(C)C2CCCCC2C)CC1. The lowest BCUT2D eigenvalue weighted by Gasteiger charge is -2.40. The zero-order chi connectivity index (χ0) is 16.3. The Morgan fingerprint density at radius 3 is 2.18 bits per heavy atom. The van der Waals surface area contributed by atoms with Gasteiger partial charge in [-0.25, -0.2) is 0 Å². The Labute approximate surface area is 135 Å². The molecule has 0 spiro atoms. The second-order valence-corrected chi connectivity index (χ2v) is 7.53. The zero-order valence-electron chi connectivity index (χ0n) is 14.7. The van der Waals surface area contributed by atoms with Gasteiger partial charge in [-0.1, -0.05) is 33.6 Å².